The van der Waals surface area contributed by atoms with Crippen molar-refractivity contribution in [2.24, 2.45) is 10.9 Å². The SMILES string of the molecule is CC(C)N(C)Cc1cccnc1C(N)=NO. The number of nitrogens with zero attached hydrogens (tertiary/aromatic N) is 3. The van der Waals surface area contributed by atoms with E-state index in [0.717, 1.165) is 12.1 Å². The molecular formula is C11H18N4O. The minimum absolute atomic E-state index is 0.0488. The Morgan fingerprint density at radius 1 is 1.62 bits per heavy atom. The minimum atomic E-state index is 0.0488. The maximum atomic E-state index is 8.67. The van der Waals surface area contributed by atoms with Crippen molar-refractivity contribution in [3.8, 4) is 0 Å². The van der Waals surface area contributed by atoms with Crippen molar-refractivity contribution in [1.29, 1.82) is 0 Å². The van der Waals surface area contributed by atoms with Gasteiger partial charge < -0.3 is 10.9 Å². The van der Waals surface area contributed by atoms with Crippen molar-refractivity contribution < 1.29 is 5.21 Å². The smallest absolute Gasteiger partial charge is 0.189 e. The third kappa shape index (κ3) is 2.93. The van der Waals surface area contributed by atoms with Crippen LogP contribution in [0.5, 0.6) is 0 Å². The molecule has 1 rings (SSSR count). The highest BCUT2D eigenvalue weighted by molar-refractivity contribution is 5.96. The Morgan fingerprint density at radius 3 is 2.88 bits per heavy atom. The monoisotopic (exact) mass is 222 g/mol. The second-order valence-corrected chi connectivity index (χ2v) is 4.01. The molecule has 0 spiro atoms. The fourth-order valence-electron chi connectivity index (χ4n) is 1.30. The van der Waals surface area contributed by atoms with E-state index in [2.05, 4.69) is 28.9 Å². The first-order valence-electron chi connectivity index (χ1n) is 5.18. The molecule has 0 aliphatic carbocycles. The lowest BCUT2D eigenvalue weighted by atomic mass is 10.1. The van der Waals surface area contributed by atoms with E-state index in [1.165, 1.54) is 0 Å². The molecule has 0 amide bonds. The zero-order chi connectivity index (χ0) is 12.1. The van der Waals surface area contributed by atoms with Gasteiger partial charge in [0.1, 0.15) is 5.69 Å². The van der Waals surface area contributed by atoms with Crippen LogP contribution in [0.3, 0.4) is 0 Å². The summed E-state index contributed by atoms with van der Waals surface area (Å²) in [5.41, 5.74) is 7.06. The van der Waals surface area contributed by atoms with E-state index in [1.807, 2.05) is 19.2 Å². The maximum Gasteiger partial charge on any atom is 0.189 e. The zero-order valence-electron chi connectivity index (χ0n) is 9.88. The van der Waals surface area contributed by atoms with Crippen molar-refractivity contribution in [3.05, 3.63) is 29.6 Å². The van der Waals surface area contributed by atoms with Gasteiger partial charge in [-0.25, -0.2) is 0 Å². The van der Waals surface area contributed by atoms with Gasteiger partial charge in [-0.15, -0.1) is 0 Å². The van der Waals surface area contributed by atoms with Crippen LogP contribution in [-0.4, -0.2) is 34.0 Å². The van der Waals surface area contributed by atoms with Crippen LogP contribution in [0.1, 0.15) is 25.1 Å². The van der Waals surface area contributed by atoms with Crippen LogP contribution < -0.4 is 5.73 Å². The summed E-state index contributed by atoms with van der Waals surface area (Å²) in [7, 11) is 2.02. The van der Waals surface area contributed by atoms with Gasteiger partial charge in [0.05, 0.1) is 0 Å². The van der Waals surface area contributed by atoms with Crippen molar-refractivity contribution in [1.82, 2.24) is 9.88 Å². The van der Waals surface area contributed by atoms with Gasteiger partial charge in [0.25, 0.3) is 0 Å². The molecule has 0 fully saturated rings. The molecule has 0 radical (unpaired) electrons. The third-order valence-electron chi connectivity index (χ3n) is 2.54. The highest BCUT2D eigenvalue weighted by atomic mass is 16.4. The Balaban J connectivity index is 2.96. The Labute approximate surface area is 95.6 Å². The summed E-state index contributed by atoms with van der Waals surface area (Å²) in [5.74, 6) is 0.0488. The standard InChI is InChI=1S/C11H18N4O/c1-8(2)15(3)7-9-5-4-6-13-10(9)11(12)14-16/h4-6,8,16H,7H2,1-3H3,(H2,12,14). The maximum absolute atomic E-state index is 8.67. The average molecular weight is 222 g/mol. The molecule has 0 bridgehead atoms. The Morgan fingerprint density at radius 2 is 2.31 bits per heavy atom. The number of pyridine rings is 1. The van der Waals surface area contributed by atoms with E-state index >= 15 is 0 Å². The fraction of sp³-hybridized carbons (Fsp3) is 0.455. The first kappa shape index (κ1) is 12.4. The molecule has 88 valence electrons. The van der Waals surface area contributed by atoms with Gasteiger partial charge in [0, 0.05) is 18.8 Å². The number of nitrogens with two attached hydrogens (primary N) is 1. The summed E-state index contributed by atoms with van der Waals surface area (Å²) < 4.78 is 0. The lowest BCUT2D eigenvalue weighted by Gasteiger charge is -2.21. The predicted octanol–water partition coefficient (Wildman–Crippen LogP) is 1.02. The second kappa shape index (κ2) is 5.46. The number of amidine groups is 1. The first-order chi connectivity index (χ1) is 7.56. The summed E-state index contributed by atoms with van der Waals surface area (Å²) in [5, 5.41) is 11.7. The molecule has 1 aromatic heterocycles. The van der Waals surface area contributed by atoms with Crippen LogP contribution in [0, 0.1) is 0 Å². The van der Waals surface area contributed by atoms with Gasteiger partial charge in [-0.05, 0) is 32.5 Å². The van der Waals surface area contributed by atoms with Crippen molar-refractivity contribution in [2.75, 3.05) is 7.05 Å². The number of oxime groups is 1. The lowest BCUT2D eigenvalue weighted by molar-refractivity contribution is 0.265. The molecule has 1 heterocycles. The number of rotatable bonds is 4. The van der Waals surface area contributed by atoms with Gasteiger partial charge in [-0.1, -0.05) is 11.2 Å². The summed E-state index contributed by atoms with van der Waals surface area (Å²) in [6, 6.07) is 4.21. The number of hydrogen-bond donors (Lipinski definition) is 2. The van der Waals surface area contributed by atoms with E-state index in [4.69, 9.17) is 10.9 Å². The Kier molecular flexibility index (Phi) is 4.25. The molecule has 16 heavy (non-hydrogen) atoms. The molecule has 0 aromatic carbocycles. The van der Waals surface area contributed by atoms with Gasteiger partial charge in [-0.2, -0.15) is 0 Å². The van der Waals surface area contributed by atoms with Crippen molar-refractivity contribution in [3.63, 3.8) is 0 Å². The average Bonchev–Trinajstić information content (AvgIpc) is 2.28. The first-order valence-corrected chi connectivity index (χ1v) is 5.18. The summed E-state index contributed by atoms with van der Waals surface area (Å²) in [6.45, 7) is 4.94. The zero-order valence-corrected chi connectivity index (χ0v) is 9.88. The summed E-state index contributed by atoms with van der Waals surface area (Å²) in [6.07, 6.45) is 1.63. The molecule has 5 heteroatoms. The van der Waals surface area contributed by atoms with Gasteiger partial charge in [0.15, 0.2) is 5.84 Å². The number of hydrogen-bond acceptors (Lipinski definition) is 4. The van der Waals surface area contributed by atoms with Gasteiger partial charge >= 0.3 is 0 Å². The minimum Gasteiger partial charge on any atom is -0.409 e. The molecule has 3 N–H and O–H groups in total. The molecule has 0 unspecified atom stereocenters. The molecule has 0 saturated carbocycles. The molecule has 5 nitrogen and oxygen atoms in total. The molecule has 1 aromatic rings. The third-order valence-corrected chi connectivity index (χ3v) is 2.54. The van der Waals surface area contributed by atoms with Gasteiger partial charge in [0.2, 0.25) is 0 Å². The van der Waals surface area contributed by atoms with Crippen LogP contribution in [0.25, 0.3) is 0 Å². The van der Waals surface area contributed by atoms with E-state index < -0.39 is 0 Å². The Hall–Kier alpha value is -1.62. The molecular weight excluding hydrogens is 204 g/mol. The normalized spacial score (nSPS) is 12.4. The number of aromatic nitrogens is 1. The molecule has 0 saturated heterocycles. The molecule has 0 atom stereocenters. The van der Waals surface area contributed by atoms with Crippen LogP contribution in [0.4, 0.5) is 0 Å². The highest BCUT2D eigenvalue weighted by Crippen LogP contribution is 2.09. The van der Waals surface area contributed by atoms with Crippen LogP contribution in [-0.2, 0) is 6.54 Å². The van der Waals surface area contributed by atoms with Crippen LogP contribution in [0.15, 0.2) is 23.5 Å². The Bertz CT molecular complexity index is 376. The van der Waals surface area contributed by atoms with E-state index in [1.54, 1.807) is 6.20 Å². The highest BCUT2D eigenvalue weighted by Gasteiger charge is 2.11. The quantitative estimate of drug-likeness (QED) is 0.345. The van der Waals surface area contributed by atoms with Crippen LogP contribution >= 0.6 is 0 Å². The fourth-order valence-corrected chi connectivity index (χ4v) is 1.30. The largest absolute Gasteiger partial charge is 0.409 e. The van der Waals surface area contributed by atoms with E-state index in [0.29, 0.717) is 11.7 Å². The topological polar surface area (TPSA) is 74.7 Å². The van der Waals surface area contributed by atoms with Crippen molar-refractivity contribution in [2.45, 2.75) is 26.4 Å². The van der Waals surface area contributed by atoms with E-state index in [9.17, 15) is 0 Å². The summed E-state index contributed by atoms with van der Waals surface area (Å²) >= 11 is 0. The van der Waals surface area contributed by atoms with Crippen LogP contribution in [0.2, 0.25) is 0 Å². The molecule has 0 aliphatic rings. The predicted molar refractivity (Wildman–Crippen MR) is 63.4 cm³/mol. The van der Waals surface area contributed by atoms with Gasteiger partial charge in [-0.3, -0.25) is 9.88 Å². The second-order valence-electron chi connectivity index (χ2n) is 4.01. The lowest BCUT2D eigenvalue weighted by Crippen LogP contribution is -2.27. The molecule has 0 aliphatic heterocycles. The van der Waals surface area contributed by atoms with Crippen molar-refractivity contribution >= 4 is 5.84 Å². The van der Waals surface area contributed by atoms with E-state index in [-0.39, 0.29) is 5.84 Å². The summed E-state index contributed by atoms with van der Waals surface area (Å²) in [4.78, 5) is 6.28.